The second kappa shape index (κ2) is 16.6. The fourth-order valence-corrected chi connectivity index (χ4v) is 29.4. The molecule has 2 aliphatic rings. The van der Waals surface area contributed by atoms with Gasteiger partial charge in [-0.05, 0) is 0 Å². The van der Waals surface area contributed by atoms with Crippen molar-refractivity contribution < 1.29 is 54.0 Å². The van der Waals surface area contributed by atoms with E-state index in [-0.39, 0.29) is 24.8 Å². The number of fused-ring (bicyclic) bond motifs is 2. The number of hydrogen-bond acceptors (Lipinski definition) is 2. The summed E-state index contributed by atoms with van der Waals surface area (Å²) in [4.78, 5) is 0. The first-order chi connectivity index (χ1) is 26.5. The number of allylic oxidation sites excluding steroid dienone is 2. The predicted molar refractivity (Wildman–Crippen MR) is 237 cm³/mol. The van der Waals surface area contributed by atoms with Gasteiger partial charge in [0, 0.05) is 0 Å². The Hall–Kier alpha value is -3.40. The third-order valence-corrected chi connectivity index (χ3v) is 32.6. The molecular weight excluding hydrogens is 847 g/mol. The molecule has 2 atom stereocenters. The van der Waals surface area contributed by atoms with Crippen LogP contribution in [-0.4, -0.2) is 5.43 Å². The van der Waals surface area contributed by atoms with Crippen molar-refractivity contribution in [3.05, 3.63) is 162 Å². The second-order valence-electron chi connectivity index (χ2n) is 17.2. The number of rotatable bonds is 6. The van der Waals surface area contributed by atoms with Crippen molar-refractivity contribution in [2.24, 2.45) is 0 Å². The average molecular weight is 903 g/mol. The summed E-state index contributed by atoms with van der Waals surface area (Å²) >= 11 is -2.72. The minimum absolute atomic E-state index is 0. The molecule has 4 aromatic carbocycles. The van der Waals surface area contributed by atoms with Crippen LogP contribution in [0.5, 0.6) is 0 Å². The minimum Gasteiger partial charge on any atom is -1.00 e. The Morgan fingerprint density at radius 1 is 0.448 bits per heavy atom. The maximum atomic E-state index is 6.65. The van der Waals surface area contributed by atoms with Crippen LogP contribution in [0.2, 0.25) is 13.1 Å². The van der Waals surface area contributed by atoms with Crippen LogP contribution in [0.4, 0.5) is 0 Å². The normalized spacial score (nSPS) is 15.2. The molecule has 0 spiro atoms. The summed E-state index contributed by atoms with van der Waals surface area (Å²) in [5.74, 6) is 4.00. The minimum atomic E-state index is -2.72. The van der Waals surface area contributed by atoms with E-state index in [1.54, 1.807) is 0 Å². The van der Waals surface area contributed by atoms with Crippen molar-refractivity contribution >= 4 is 28.7 Å². The molecule has 0 bridgehead atoms. The number of hydrogen-bond donors (Lipinski definition) is 0. The quantitative estimate of drug-likeness (QED) is 0.157. The van der Waals surface area contributed by atoms with E-state index in [1.165, 1.54) is 111 Å². The van der Waals surface area contributed by atoms with Crippen molar-refractivity contribution in [2.75, 3.05) is 0 Å². The SMILES string of the molecule is Cc1ccc(C2=Cc3c(cc(C)c(C)c3-c3cc(C)c(C)c(C)c3)[CH]2[Zr+2]([CH]2C(c3ccc(C)o3)=Cc3c2cc(C)c(C)c3-c2cc(C)c(C)c(C)c2)=[Si](C)C)o1.[Cl-].[Cl-]. The summed E-state index contributed by atoms with van der Waals surface area (Å²) in [6, 6.07) is 23.6. The molecule has 298 valence electrons. The molecule has 6 heteroatoms. The van der Waals surface area contributed by atoms with E-state index >= 15 is 0 Å². The van der Waals surface area contributed by atoms with Crippen molar-refractivity contribution in [2.45, 2.75) is 103 Å². The van der Waals surface area contributed by atoms with Gasteiger partial charge < -0.3 is 24.8 Å². The standard InChI is InChI=1S/2C25H25O.C2H6Si.2ClH.Zr/c2*1-14-10-22(11-15(2)18(14)5)25-19(6)16(3)9-20-12-21(13-23(20)25)24-8-7-17(4)26-24;1-3-2;;;/h2*7-13H,1-6H3;1-2H3;2*1H;/q;;;;;+2/p-2. The molecule has 2 nitrogen and oxygen atoms in total. The summed E-state index contributed by atoms with van der Waals surface area (Å²) in [7, 11) is 0. The summed E-state index contributed by atoms with van der Waals surface area (Å²) < 4.78 is 14.0. The van der Waals surface area contributed by atoms with Crippen LogP contribution in [0.3, 0.4) is 0 Å². The maximum Gasteiger partial charge on any atom is -1.00 e. The first-order valence-corrected chi connectivity index (χ1v) is 29.3. The second-order valence-corrected chi connectivity index (χ2v) is 35.1. The van der Waals surface area contributed by atoms with Gasteiger partial charge in [0.05, 0.1) is 0 Å². The van der Waals surface area contributed by atoms with Gasteiger partial charge in [0.1, 0.15) is 0 Å². The Morgan fingerprint density at radius 3 is 1.07 bits per heavy atom. The summed E-state index contributed by atoms with van der Waals surface area (Å²) in [5.41, 5.74) is 26.9. The molecule has 0 saturated heterocycles. The van der Waals surface area contributed by atoms with Crippen LogP contribution in [0.25, 0.3) is 45.6 Å². The van der Waals surface area contributed by atoms with Crippen LogP contribution in [0.15, 0.2) is 69.5 Å². The third-order valence-electron chi connectivity index (χ3n) is 13.4. The molecule has 2 heterocycles. The molecule has 0 fully saturated rings. The van der Waals surface area contributed by atoms with Crippen molar-refractivity contribution in [3.63, 3.8) is 0 Å². The van der Waals surface area contributed by atoms with E-state index in [4.69, 9.17) is 8.83 Å². The number of furan rings is 2. The van der Waals surface area contributed by atoms with Gasteiger partial charge in [-0.15, -0.1) is 0 Å². The molecule has 0 radical (unpaired) electrons. The van der Waals surface area contributed by atoms with Crippen molar-refractivity contribution in [3.8, 4) is 22.3 Å². The molecule has 0 N–H and O–H groups in total. The van der Waals surface area contributed by atoms with E-state index in [9.17, 15) is 0 Å². The fourth-order valence-electron chi connectivity index (χ4n) is 9.65. The van der Waals surface area contributed by atoms with Gasteiger partial charge in [-0.1, -0.05) is 0 Å². The molecule has 0 saturated carbocycles. The Kier molecular flexibility index (Phi) is 12.6. The van der Waals surface area contributed by atoms with Gasteiger partial charge in [0.15, 0.2) is 0 Å². The smallest absolute Gasteiger partial charge is 1.00 e. The van der Waals surface area contributed by atoms with Gasteiger partial charge in [0.25, 0.3) is 0 Å². The molecule has 2 unspecified atom stereocenters. The predicted octanol–water partition coefficient (Wildman–Crippen LogP) is 8.68. The van der Waals surface area contributed by atoms with Crippen LogP contribution in [-0.2, 0) is 20.4 Å². The van der Waals surface area contributed by atoms with Crippen LogP contribution >= 0.6 is 0 Å². The van der Waals surface area contributed by atoms with E-state index in [0.717, 1.165) is 23.0 Å². The van der Waals surface area contributed by atoms with Crippen LogP contribution < -0.4 is 24.8 Å². The zero-order valence-corrected chi connectivity index (χ0v) is 41.6. The average Bonchev–Trinajstić information content (AvgIpc) is 3.93. The summed E-state index contributed by atoms with van der Waals surface area (Å²) in [6.45, 7) is 32.3. The molecule has 0 aliphatic heterocycles. The van der Waals surface area contributed by atoms with E-state index < -0.39 is 25.8 Å². The Labute approximate surface area is 367 Å². The molecule has 58 heavy (non-hydrogen) atoms. The number of benzene rings is 4. The van der Waals surface area contributed by atoms with Gasteiger partial charge >= 0.3 is 345 Å². The summed E-state index contributed by atoms with van der Waals surface area (Å²) in [6.07, 6.45) is 5.10. The van der Waals surface area contributed by atoms with Gasteiger partial charge in [-0.25, -0.2) is 0 Å². The number of halogens is 2. The fraction of sp³-hybridized carbons (Fsp3) is 0.308. The molecule has 0 amide bonds. The van der Waals surface area contributed by atoms with E-state index in [0.29, 0.717) is 7.25 Å². The van der Waals surface area contributed by atoms with E-state index in [2.05, 4.69) is 169 Å². The largest absolute Gasteiger partial charge is 1.00 e. The Balaban J connectivity index is 0.00000283. The Morgan fingerprint density at radius 2 is 0.776 bits per heavy atom. The summed E-state index contributed by atoms with van der Waals surface area (Å²) in [5, 5.41) is 0. The maximum absolute atomic E-state index is 6.65. The Bertz CT molecular complexity index is 2520. The molecular formula is C52H56Cl2O2SiZr. The van der Waals surface area contributed by atoms with Crippen molar-refractivity contribution in [1.82, 2.24) is 0 Å². The van der Waals surface area contributed by atoms with Crippen LogP contribution in [0.1, 0.15) is 108 Å². The third kappa shape index (κ3) is 7.29. The van der Waals surface area contributed by atoms with E-state index in [1.807, 2.05) is 0 Å². The zero-order valence-electron chi connectivity index (χ0n) is 36.7. The van der Waals surface area contributed by atoms with Gasteiger partial charge in [0.2, 0.25) is 0 Å². The number of aryl methyl sites for hydroxylation is 8. The zero-order chi connectivity index (χ0) is 40.1. The van der Waals surface area contributed by atoms with Crippen LogP contribution in [0, 0.1) is 83.1 Å². The molecule has 2 aromatic heterocycles. The van der Waals surface area contributed by atoms with Gasteiger partial charge in [-0.3, -0.25) is 0 Å². The first-order valence-electron chi connectivity index (χ1n) is 20.2. The monoisotopic (exact) mass is 900 g/mol. The van der Waals surface area contributed by atoms with Gasteiger partial charge in [-0.2, -0.15) is 0 Å². The molecule has 6 aromatic rings. The molecule has 8 rings (SSSR count). The first kappa shape index (κ1) is 44.2. The topological polar surface area (TPSA) is 26.3 Å². The van der Waals surface area contributed by atoms with Crippen molar-refractivity contribution in [1.29, 1.82) is 0 Å². The molecule has 2 aliphatic carbocycles.